The molecule has 1 heterocycles. The molecule has 0 N–H and O–H groups in total. The lowest BCUT2D eigenvalue weighted by atomic mass is 10.1. The molecule has 0 unspecified atom stereocenters. The van der Waals surface area contributed by atoms with Gasteiger partial charge in [-0.25, -0.2) is 4.79 Å². The zero-order valence-corrected chi connectivity index (χ0v) is 13.7. The molecular formula is C16H12Cl2N2O3. The molecule has 0 amide bonds. The third-order valence-corrected chi connectivity index (χ3v) is 4.54. The fourth-order valence-corrected chi connectivity index (χ4v) is 2.95. The second-order valence-electron chi connectivity index (χ2n) is 5.29. The van der Waals surface area contributed by atoms with E-state index in [4.69, 9.17) is 27.9 Å². The van der Waals surface area contributed by atoms with Crippen LogP contribution in [-0.2, 0) is 4.74 Å². The number of benzene rings is 1. The van der Waals surface area contributed by atoms with Gasteiger partial charge in [-0.05, 0) is 25.8 Å². The Morgan fingerprint density at radius 2 is 2.17 bits per heavy atom. The second-order valence-corrected chi connectivity index (χ2v) is 6.07. The summed E-state index contributed by atoms with van der Waals surface area (Å²) in [7, 11) is 0. The number of carbonyl (C=O) groups excluding carboxylic acids is 1. The predicted octanol–water partition coefficient (Wildman–Crippen LogP) is 3.69. The van der Waals surface area contributed by atoms with Crippen molar-refractivity contribution < 1.29 is 9.53 Å². The van der Waals surface area contributed by atoms with E-state index in [2.05, 4.69) is 0 Å². The van der Waals surface area contributed by atoms with Gasteiger partial charge in [-0.1, -0.05) is 23.2 Å². The fourth-order valence-electron chi connectivity index (χ4n) is 2.56. The van der Waals surface area contributed by atoms with Crippen LogP contribution in [0.2, 0.25) is 10.0 Å². The SMILES string of the molecule is CCOC(=O)c1cn(C2CC2)c2c(C#N)c(Cl)c(Cl)cc2c1=O. The van der Waals surface area contributed by atoms with Crippen molar-refractivity contribution in [3.8, 4) is 6.07 Å². The maximum absolute atomic E-state index is 12.6. The lowest BCUT2D eigenvalue weighted by molar-refractivity contribution is 0.0524. The number of pyridine rings is 1. The Kier molecular flexibility index (Phi) is 4.05. The first kappa shape index (κ1) is 15.9. The molecule has 1 fully saturated rings. The summed E-state index contributed by atoms with van der Waals surface area (Å²) in [6.45, 7) is 1.84. The lowest BCUT2D eigenvalue weighted by Crippen LogP contribution is -2.21. The monoisotopic (exact) mass is 350 g/mol. The summed E-state index contributed by atoms with van der Waals surface area (Å²) >= 11 is 12.1. The lowest BCUT2D eigenvalue weighted by Gasteiger charge is -2.15. The van der Waals surface area contributed by atoms with E-state index in [1.165, 1.54) is 12.3 Å². The van der Waals surface area contributed by atoms with Crippen molar-refractivity contribution in [3.05, 3.63) is 43.7 Å². The van der Waals surface area contributed by atoms with E-state index in [1.54, 1.807) is 11.5 Å². The number of nitrogens with zero attached hydrogens (tertiary/aromatic N) is 2. The van der Waals surface area contributed by atoms with Crippen LogP contribution in [0, 0.1) is 11.3 Å². The van der Waals surface area contributed by atoms with Crippen molar-refractivity contribution >= 4 is 40.1 Å². The molecule has 7 heteroatoms. The average Bonchev–Trinajstić information content (AvgIpc) is 3.35. The average molecular weight is 351 g/mol. The minimum atomic E-state index is -0.682. The molecule has 0 bridgehead atoms. The molecule has 118 valence electrons. The fraction of sp³-hybridized carbons (Fsp3) is 0.312. The standard InChI is InChI=1S/C16H12Cl2N2O3/c1-2-23-16(22)11-7-20(8-3-4-8)14-9(15(11)21)5-12(17)13(18)10(14)6-19/h5,7-8H,2-4H2,1H3. The van der Waals surface area contributed by atoms with Gasteiger partial charge in [0.2, 0.25) is 5.43 Å². The number of carbonyl (C=O) groups is 1. The Hall–Kier alpha value is -2.03. The van der Waals surface area contributed by atoms with Crippen molar-refractivity contribution in [2.24, 2.45) is 0 Å². The molecule has 0 atom stereocenters. The van der Waals surface area contributed by atoms with E-state index >= 15 is 0 Å². The van der Waals surface area contributed by atoms with Crippen molar-refractivity contribution in [1.82, 2.24) is 4.57 Å². The van der Waals surface area contributed by atoms with Gasteiger partial charge in [0, 0.05) is 17.6 Å². The van der Waals surface area contributed by atoms with Gasteiger partial charge in [0.1, 0.15) is 11.6 Å². The van der Waals surface area contributed by atoms with Crippen LogP contribution in [0.15, 0.2) is 17.1 Å². The molecular weight excluding hydrogens is 339 g/mol. The molecule has 1 aliphatic rings. The van der Waals surface area contributed by atoms with Crippen LogP contribution in [0.1, 0.15) is 41.7 Å². The first-order valence-corrected chi connectivity index (χ1v) is 7.89. The van der Waals surface area contributed by atoms with E-state index in [-0.39, 0.29) is 39.2 Å². The van der Waals surface area contributed by atoms with Crippen molar-refractivity contribution in [2.45, 2.75) is 25.8 Å². The Morgan fingerprint density at radius 1 is 1.48 bits per heavy atom. The molecule has 1 aromatic carbocycles. The van der Waals surface area contributed by atoms with Crippen LogP contribution < -0.4 is 5.43 Å². The van der Waals surface area contributed by atoms with Crippen molar-refractivity contribution in [2.75, 3.05) is 6.61 Å². The summed E-state index contributed by atoms with van der Waals surface area (Å²) in [4.78, 5) is 24.7. The number of esters is 1. The van der Waals surface area contributed by atoms with Crippen LogP contribution in [0.5, 0.6) is 0 Å². The van der Waals surface area contributed by atoms with Crippen LogP contribution in [0.4, 0.5) is 0 Å². The molecule has 0 radical (unpaired) electrons. The molecule has 1 saturated carbocycles. The maximum Gasteiger partial charge on any atom is 0.343 e. The minimum Gasteiger partial charge on any atom is -0.462 e. The van der Waals surface area contributed by atoms with E-state index in [0.717, 1.165) is 12.8 Å². The molecule has 0 saturated heterocycles. The van der Waals surface area contributed by atoms with Crippen LogP contribution >= 0.6 is 23.2 Å². The molecule has 3 rings (SSSR count). The third-order valence-electron chi connectivity index (χ3n) is 3.76. The number of hydrogen-bond acceptors (Lipinski definition) is 4. The van der Waals surface area contributed by atoms with E-state index in [9.17, 15) is 14.9 Å². The largest absolute Gasteiger partial charge is 0.462 e. The summed E-state index contributed by atoms with van der Waals surface area (Å²) in [5.74, 6) is -0.682. The summed E-state index contributed by atoms with van der Waals surface area (Å²) in [5, 5.41) is 9.84. The Labute approximate surface area is 142 Å². The highest BCUT2D eigenvalue weighted by atomic mass is 35.5. The highest BCUT2D eigenvalue weighted by Gasteiger charge is 2.29. The zero-order chi connectivity index (χ0) is 16.7. The summed E-state index contributed by atoms with van der Waals surface area (Å²) in [5.41, 5.74) is -0.00466. The molecule has 0 spiro atoms. The number of hydrogen-bond donors (Lipinski definition) is 0. The summed E-state index contributed by atoms with van der Waals surface area (Å²) in [6, 6.07) is 3.55. The maximum atomic E-state index is 12.6. The Bertz CT molecular complexity index is 924. The molecule has 5 nitrogen and oxygen atoms in total. The Balaban J connectivity index is 2.43. The number of ether oxygens (including phenoxy) is 1. The molecule has 23 heavy (non-hydrogen) atoms. The molecule has 2 aromatic rings. The van der Waals surface area contributed by atoms with Gasteiger partial charge in [-0.3, -0.25) is 4.79 Å². The number of fused-ring (bicyclic) bond motifs is 1. The van der Waals surface area contributed by atoms with Gasteiger partial charge in [0.15, 0.2) is 0 Å². The zero-order valence-electron chi connectivity index (χ0n) is 12.2. The first-order valence-electron chi connectivity index (χ1n) is 7.13. The van der Waals surface area contributed by atoms with Gasteiger partial charge in [-0.15, -0.1) is 0 Å². The van der Waals surface area contributed by atoms with Gasteiger partial charge in [0.05, 0.1) is 27.7 Å². The second kappa shape index (κ2) is 5.88. The van der Waals surface area contributed by atoms with Gasteiger partial charge >= 0.3 is 5.97 Å². The quantitative estimate of drug-likeness (QED) is 0.791. The van der Waals surface area contributed by atoms with Crippen LogP contribution in [0.3, 0.4) is 0 Å². The van der Waals surface area contributed by atoms with Crippen LogP contribution in [-0.4, -0.2) is 17.1 Å². The molecule has 1 aromatic heterocycles. The summed E-state index contributed by atoms with van der Waals surface area (Å²) < 4.78 is 6.71. The number of halogens is 2. The highest BCUT2D eigenvalue weighted by molar-refractivity contribution is 6.43. The number of nitriles is 1. The van der Waals surface area contributed by atoms with Gasteiger partial charge in [-0.2, -0.15) is 5.26 Å². The van der Waals surface area contributed by atoms with E-state index in [0.29, 0.717) is 5.52 Å². The van der Waals surface area contributed by atoms with E-state index < -0.39 is 11.4 Å². The number of aromatic nitrogens is 1. The topological polar surface area (TPSA) is 72.1 Å². The normalized spacial score (nSPS) is 13.8. The van der Waals surface area contributed by atoms with Crippen LogP contribution in [0.25, 0.3) is 10.9 Å². The van der Waals surface area contributed by atoms with E-state index in [1.807, 2.05) is 6.07 Å². The highest BCUT2D eigenvalue weighted by Crippen LogP contribution is 2.40. The molecule has 1 aliphatic carbocycles. The predicted molar refractivity (Wildman–Crippen MR) is 87.2 cm³/mol. The van der Waals surface area contributed by atoms with Crippen molar-refractivity contribution in [1.29, 1.82) is 5.26 Å². The summed E-state index contributed by atoms with van der Waals surface area (Å²) in [6.07, 6.45) is 3.28. The minimum absolute atomic E-state index is 0.0615. The van der Waals surface area contributed by atoms with Gasteiger partial charge < -0.3 is 9.30 Å². The first-order chi connectivity index (χ1) is 11.0. The van der Waals surface area contributed by atoms with Gasteiger partial charge in [0.25, 0.3) is 0 Å². The smallest absolute Gasteiger partial charge is 0.343 e. The molecule has 0 aliphatic heterocycles. The Morgan fingerprint density at radius 3 is 2.74 bits per heavy atom. The van der Waals surface area contributed by atoms with Crippen molar-refractivity contribution in [3.63, 3.8) is 0 Å². The number of rotatable bonds is 3. The third kappa shape index (κ3) is 2.58.